The fourth-order valence-electron chi connectivity index (χ4n) is 0.433. The van der Waals surface area contributed by atoms with Crippen LogP contribution in [0, 0.1) is 0 Å². The summed E-state index contributed by atoms with van der Waals surface area (Å²) in [5, 5.41) is 0. The molecule has 0 spiro atoms. The Bertz CT molecular complexity index is 46.5. The summed E-state index contributed by atoms with van der Waals surface area (Å²) in [5.74, 6) is 0. The zero-order valence-electron chi connectivity index (χ0n) is 5.62. The molecule has 1 nitrogen and oxygen atoms in total. The molecule has 0 fully saturated rings. The Morgan fingerprint density at radius 2 is 1.86 bits per heavy atom. The Balaban J connectivity index is 3.15. The molecule has 44 valence electrons. The second kappa shape index (κ2) is 2.48. The van der Waals surface area contributed by atoms with Gasteiger partial charge in [0.15, 0.2) is 0 Å². The summed E-state index contributed by atoms with van der Waals surface area (Å²) in [7, 11) is 1.15. The van der Waals surface area contributed by atoms with Gasteiger partial charge in [-0.2, -0.15) is 0 Å². The van der Waals surface area contributed by atoms with E-state index in [9.17, 15) is 0 Å². The molecule has 0 aliphatic rings. The van der Waals surface area contributed by atoms with E-state index in [1.165, 1.54) is 0 Å². The topological polar surface area (TPSA) is 9.23 Å². The van der Waals surface area contributed by atoms with Crippen molar-refractivity contribution in [2.45, 2.75) is 26.4 Å². The van der Waals surface area contributed by atoms with Crippen molar-refractivity contribution in [1.82, 2.24) is 0 Å². The maximum atomic E-state index is 5.29. The van der Waals surface area contributed by atoms with E-state index < -0.39 is 0 Å². The molecule has 0 N–H and O–H groups in total. The van der Waals surface area contributed by atoms with E-state index in [4.69, 9.17) is 4.74 Å². The molecule has 0 aromatic carbocycles. The lowest BCUT2D eigenvalue weighted by atomic mass is 10.2. The van der Waals surface area contributed by atoms with E-state index in [-0.39, 0.29) is 5.60 Å². The molecule has 0 bridgehead atoms. The molecule has 0 atom stereocenters. The van der Waals surface area contributed by atoms with Crippen LogP contribution in [0.5, 0.6) is 0 Å². The summed E-state index contributed by atoms with van der Waals surface area (Å²) in [6.45, 7) is 6.22. The standard InChI is InChI=1S/C5H14OSi/c1-5(2,3)6-4-7/h4H2,1-3,7H3. The molecule has 7 heavy (non-hydrogen) atoms. The van der Waals surface area contributed by atoms with Gasteiger partial charge in [0.2, 0.25) is 0 Å². The van der Waals surface area contributed by atoms with Crippen molar-refractivity contribution >= 4 is 10.2 Å². The van der Waals surface area contributed by atoms with Crippen LogP contribution in [0.15, 0.2) is 0 Å². The molecule has 0 aliphatic heterocycles. The molecule has 0 aromatic heterocycles. The SMILES string of the molecule is CC(C)(C)OC[SiH3]. The maximum absolute atomic E-state index is 5.29. The quantitative estimate of drug-likeness (QED) is 0.445. The van der Waals surface area contributed by atoms with Gasteiger partial charge in [0, 0.05) is 16.5 Å². The lowest BCUT2D eigenvalue weighted by molar-refractivity contribution is 0.0259. The first-order valence-corrected chi connectivity index (χ1v) is 4.11. The van der Waals surface area contributed by atoms with Gasteiger partial charge in [-0.1, -0.05) is 0 Å². The minimum Gasteiger partial charge on any atom is -0.380 e. The summed E-state index contributed by atoms with van der Waals surface area (Å²) in [4.78, 5) is 0. The molecule has 2 heteroatoms. The van der Waals surface area contributed by atoms with Crippen LogP contribution in [0.2, 0.25) is 0 Å². The molecule has 0 saturated carbocycles. The molecule has 0 aliphatic carbocycles. The van der Waals surface area contributed by atoms with Crippen molar-refractivity contribution < 1.29 is 4.74 Å². The van der Waals surface area contributed by atoms with Gasteiger partial charge in [-0.25, -0.2) is 0 Å². The van der Waals surface area contributed by atoms with E-state index in [0.717, 1.165) is 16.5 Å². The molecular formula is C5H14OSi. The lowest BCUT2D eigenvalue weighted by Gasteiger charge is -2.17. The van der Waals surface area contributed by atoms with Gasteiger partial charge >= 0.3 is 0 Å². The fraction of sp³-hybridized carbons (Fsp3) is 1.00. The van der Waals surface area contributed by atoms with Gasteiger partial charge in [0.1, 0.15) is 0 Å². The van der Waals surface area contributed by atoms with Crippen molar-refractivity contribution in [3.05, 3.63) is 0 Å². The van der Waals surface area contributed by atoms with Crippen LogP contribution < -0.4 is 0 Å². The number of rotatable bonds is 1. The summed E-state index contributed by atoms with van der Waals surface area (Å²) >= 11 is 0. The second-order valence-corrected chi connectivity index (χ2v) is 3.12. The number of hydrogen-bond donors (Lipinski definition) is 0. The summed E-state index contributed by atoms with van der Waals surface area (Å²) in [5.41, 5.74) is 0.0851. The average molecular weight is 118 g/mol. The monoisotopic (exact) mass is 118 g/mol. The Morgan fingerprint density at radius 3 is 1.86 bits per heavy atom. The van der Waals surface area contributed by atoms with Gasteiger partial charge in [0.25, 0.3) is 0 Å². The van der Waals surface area contributed by atoms with Crippen LogP contribution in [-0.2, 0) is 4.74 Å². The van der Waals surface area contributed by atoms with E-state index in [0.29, 0.717) is 0 Å². The lowest BCUT2D eigenvalue weighted by Crippen LogP contribution is -2.19. The van der Waals surface area contributed by atoms with Crippen molar-refractivity contribution in [2.75, 3.05) is 6.23 Å². The van der Waals surface area contributed by atoms with Crippen LogP contribution in [-0.4, -0.2) is 22.1 Å². The molecule has 0 aromatic rings. The first kappa shape index (κ1) is 7.18. The molecule has 0 amide bonds. The minimum absolute atomic E-state index is 0.0851. The Labute approximate surface area is 48.5 Å². The van der Waals surface area contributed by atoms with Gasteiger partial charge in [-0.3, -0.25) is 0 Å². The van der Waals surface area contributed by atoms with Crippen LogP contribution >= 0.6 is 0 Å². The summed E-state index contributed by atoms with van der Waals surface area (Å²) in [6.07, 6.45) is 0.948. The van der Waals surface area contributed by atoms with E-state index >= 15 is 0 Å². The normalized spacial score (nSPS) is 12.4. The second-order valence-electron chi connectivity index (χ2n) is 2.55. The van der Waals surface area contributed by atoms with Gasteiger partial charge in [-0.15, -0.1) is 0 Å². The third-order valence-electron chi connectivity index (χ3n) is 0.577. The first-order chi connectivity index (χ1) is 3.06. The van der Waals surface area contributed by atoms with Crippen LogP contribution in [0.3, 0.4) is 0 Å². The Kier molecular flexibility index (Phi) is 2.54. The van der Waals surface area contributed by atoms with E-state index in [1.807, 2.05) is 0 Å². The van der Waals surface area contributed by atoms with Crippen LogP contribution in [0.4, 0.5) is 0 Å². The van der Waals surface area contributed by atoms with Crippen LogP contribution in [0.1, 0.15) is 20.8 Å². The highest BCUT2D eigenvalue weighted by Gasteiger charge is 2.06. The van der Waals surface area contributed by atoms with Gasteiger partial charge in [-0.05, 0) is 20.8 Å². The predicted molar refractivity (Wildman–Crippen MR) is 35.6 cm³/mol. The van der Waals surface area contributed by atoms with Crippen molar-refractivity contribution in [2.24, 2.45) is 0 Å². The highest BCUT2D eigenvalue weighted by atomic mass is 28.1. The largest absolute Gasteiger partial charge is 0.380 e. The molecule has 0 unspecified atom stereocenters. The van der Waals surface area contributed by atoms with Crippen molar-refractivity contribution in [1.29, 1.82) is 0 Å². The zero-order valence-corrected chi connectivity index (χ0v) is 7.62. The highest BCUT2D eigenvalue weighted by molar-refractivity contribution is 6.08. The molecule has 0 heterocycles. The average Bonchev–Trinajstić information content (AvgIpc) is 1.30. The third-order valence-corrected chi connectivity index (χ3v) is 0.866. The van der Waals surface area contributed by atoms with Crippen molar-refractivity contribution in [3.63, 3.8) is 0 Å². The minimum atomic E-state index is 0.0851. The molecule has 0 radical (unpaired) electrons. The molecule has 0 rings (SSSR count). The molecule has 0 saturated heterocycles. The smallest absolute Gasteiger partial charge is 0.0593 e. The van der Waals surface area contributed by atoms with Crippen molar-refractivity contribution in [3.8, 4) is 0 Å². The highest BCUT2D eigenvalue weighted by Crippen LogP contribution is 2.03. The van der Waals surface area contributed by atoms with E-state index in [1.54, 1.807) is 0 Å². The summed E-state index contributed by atoms with van der Waals surface area (Å²) < 4.78 is 5.29. The third kappa shape index (κ3) is 6.18. The number of ether oxygens (including phenoxy) is 1. The zero-order chi connectivity index (χ0) is 5.91. The Morgan fingerprint density at radius 1 is 1.43 bits per heavy atom. The maximum Gasteiger partial charge on any atom is 0.0593 e. The number of hydrogen-bond acceptors (Lipinski definition) is 1. The predicted octanol–water partition coefficient (Wildman–Crippen LogP) is 0.124. The Hall–Kier alpha value is 0.177. The van der Waals surface area contributed by atoms with Crippen LogP contribution in [0.25, 0.3) is 0 Å². The first-order valence-electron chi connectivity index (χ1n) is 2.70. The van der Waals surface area contributed by atoms with E-state index in [2.05, 4.69) is 20.8 Å². The van der Waals surface area contributed by atoms with Gasteiger partial charge in [0.05, 0.1) is 5.60 Å². The fourth-order valence-corrected chi connectivity index (χ4v) is 1.30. The van der Waals surface area contributed by atoms with Gasteiger partial charge < -0.3 is 4.74 Å². The summed E-state index contributed by atoms with van der Waals surface area (Å²) in [6, 6.07) is 0. The molecular weight excluding hydrogens is 104 g/mol.